The molecule has 0 spiro atoms. The van der Waals surface area contributed by atoms with Crippen molar-refractivity contribution in [3.05, 3.63) is 23.4 Å². The molecular weight excluding hydrogens is 291 g/mol. The van der Waals surface area contributed by atoms with Gasteiger partial charge >= 0.3 is 6.18 Å². The molecule has 0 amide bonds. The fraction of sp³-hybridized carbons (Fsp3) is 0.500. The molecule has 0 saturated carbocycles. The summed E-state index contributed by atoms with van der Waals surface area (Å²) in [5.41, 5.74) is 4.90. The Kier molecular flexibility index (Phi) is 5.70. The number of halogens is 3. The Balaban J connectivity index is 3.26. The summed E-state index contributed by atoms with van der Waals surface area (Å²) >= 11 is 4.86. The van der Waals surface area contributed by atoms with Crippen LogP contribution in [0.4, 0.5) is 19.0 Å². The van der Waals surface area contributed by atoms with Gasteiger partial charge in [0, 0.05) is 20.2 Å². The number of thiocarbonyl (C=S) groups is 1. The van der Waals surface area contributed by atoms with Crippen molar-refractivity contribution in [3.8, 4) is 0 Å². The van der Waals surface area contributed by atoms with Crippen LogP contribution in [0.15, 0.2) is 12.1 Å². The quantitative estimate of drug-likeness (QED) is 0.817. The third-order valence-corrected chi connectivity index (χ3v) is 2.90. The van der Waals surface area contributed by atoms with Gasteiger partial charge in [-0.2, -0.15) is 13.2 Å². The van der Waals surface area contributed by atoms with Crippen LogP contribution in [0.3, 0.4) is 0 Å². The molecule has 0 aliphatic carbocycles. The highest BCUT2D eigenvalue weighted by atomic mass is 32.1. The second kappa shape index (κ2) is 6.85. The van der Waals surface area contributed by atoms with E-state index in [1.54, 1.807) is 11.8 Å². The van der Waals surface area contributed by atoms with Crippen molar-refractivity contribution in [2.24, 2.45) is 5.73 Å². The summed E-state index contributed by atoms with van der Waals surface area (Å²) in [6.07, 6.45) is -4.51. The highest BCUT2D eigenvalue weighted by Crippen LogP contribution is 2.30. The number of likely N-dealkylation sites (N-methyl/N-ethyl adjacent to an activating group) is 1. The zero-order chi connectivity index (χ0) is 15.3. The predicted octanol–water partition coefficient (Wildman–Crippen LogP) is 2.21. The molecule has 0 unspecified atom stereocenters. The van der Waals surface area contributed by atoms with Crippen LogP contribution in [-0.4, -0.2) is 36.8 Å². The molecule has 20 heavy (non-hydrogen) atoms. The Morgan fingerprint density at radius 1 is 1.45 bits per heavy atom. The molecule has 4 nitrogen and oxygen atoms in total. The van der Waals surface area contributed by atoms with Crippen LogP contribution in [0.5, 0.6) is 0 Å². The minimum atomic E-state index is -4.51. The molecule has 1 aromatic heterocycles. The van der Waals surface area contributed by atoms with Gasteiger partial charge in [-0.3, -0.25) is 0 Å². The SMILES string of the molecule is CCN(CCOC)c1nc(C(F)(F)F)ccc1C(N)=S. The molecule has 0 saturated heterocycles. The van der Waals surface area contributed by atoms with Crippen molar-refractivity contribution < 1.29 is 17.9 Å². The van der Waals surface area contributed by atoms with Crippen molar-refractivity contribution in [2.75, 3.05) is 31.7 Å². The van der Waals surface area contributed by atoms with Gasteiger partial charge in [0.2, 0.25) is 0 Å². The van der Waals surface area contributed by atoms with Crippen LogP contribution in [0.1, 0.15) is 18.2 Å². The number of pyridine rings is 1. The lowest BCUT2D eigenvalue weighted by Crippen LogP contribution is -2.31. The Labute approximate surface area is 120 Å². The summed E-state index contributed by atoms with van der Waals surface area (Å²) in [6.45, 7) is 3.04. The predicted molar refractivity (Wildman–Crippen MR) is 74.9 cm³/mol. The maximum absolute atomic E-state index is 12.8. The minimum Gasteiger partial charge on any atom is -0.389 e. The number of nitrogens with two attached hydrogens (primary N) is 1. The molecule has 0 aliphatic heterocycles. The van der Waals surface area contributed by atoms with Gasteiger partial charge in [0.1, 0.15) is 16.5 Å². The first-order chi connectivity index (χ1) is 9.31. The zero-order valence-corrected chi connectivity index (χ0v) is 12.0. The van der Waals surface area contributed by atoms with Gasteiger partial charge in [0.05, 0.1) is 12.2 Å². The highest BCUT2D eigenvalue weighted by molar-refractivity contribution is 7.80. The van der Waals surface area contributed by atoms with Gasteiger partial charge in [-0.05, 0) is 19.1 Å². The molecule has 1 heterocycles. The summed E-state index contributed by atoms with van der Waals surface area (Å²) < 4.78 is 43.2. The molecule has 0 atom stereocenters. The van der Waals surface area contributed by atoms with Crippen LogP contribution in [0.25, 0.3) is 0 Å². The van der Waals surface area contributed by atoms with E-state index in [-0.39, 0.29) is 10.8 Å². The summed E-state index contributed by atoms with van der Waals surface area (Å²) in [4.78, 5) is 5.32. The van der Waals surface area contributed by atoms with Crippen molar-refractivity contribution in [2.45, 2.75) is 13.1 Å². The van der Waals surface area contributed by atoms with E-state index in [1.807, 2.05) is 0 Å². The van der Waals surface area contributed by atoms with Gasteiger partial charge in [0.15, 0.2) is 0 Å². The number of aromatic nitrogens is 1. The lowest BCUT2D eigenvalue weighted by atomic mass is 10.2. The first kappa shape index (κ1) is 16.6. The van der Waals surface area contributed by atoms with Crippen LogP contribution >= 0.6 is 12.2 Å². The number of rotatable bonds is 6. The number of anilines is 1. The fourth-order valence-electron chi connectivity index (χ4n) is 1.65. The van der Waals surface area contributed by atoms with Crippen molar-refractivity contribution in [1.82, 2.24) is 4.98 Å². The molecule has 2 N–H and O–H groups in total. The Hall–Kier alpha value is -1.41. The second-order valence-electron chi connectivity index (χ2n) is 4.00. The Morgan fingerprint density at radius 3 is 2.55 bits per heavy atom. The maximum Gasteiger partial charge on any atom is 0.433 e. The van der Waals surface area contributed by atoms with Crippen LogP contribution in [0, 0.1) is 0 Å². The van der Waals surface area contributed by atoms with Crippen LogP contribution in [-0.2, 0) is 10.9 Å². The molecule has 1 rings (SSSR count). The molecule has 0 bridgehead atoms. The molecule has 0 aromatic carbocycles. The number of nitrogens with zero attached hydrogens (tertiary/aromatic N) is 2. The van der Waals surface area contributed by atoms with Crippen LogP contribution < -0.4 is 10.6 Å². The van der Waals surface area contributed by atoms with Gasteiger partial charge in [-0.15, -0.1) is 0 Å². The molecule has 0 radical (unpaired) electrons. The monoisotopic (exact) mass is 307 g/mol. The van der Waals surface area contributed by atoms with Crippen LogP contribution in [0.2, 0.25) is 0 Å². The highest BCUT2D eigenvalue weighted by Gasteiger charge is 2.33. The number of alkyl halides is 3. The molecular formula is C12H16F3N3OS. The smallest absolute Gasteiger partial charge is 0.389 e. The Morgan fingerprint density at radius 2 is 2.10 bits per heavy atom. The third-order valence-electron chi connectivity index (χ3n) is 2.68. The summed E-state index contributed by atoms with van der Waals surface area (Å²) in [7, 11) is 1.52. The first-order valence-corrected chi connectivity index (χ1v) is 6.34. The van der Waals surface area contributed by atoms with E-state index in [1.165, 1.54) is 13.2 Å². The fourth-order valence-corrected chi connectivity index (χ4v) is 1.81. The van der Waals surface area contributed by atoms with E-state index in [9.17, 15) is 13.2 Å². The van der Waals surface area contributed by atoms with Gasteiger partial charge in [-0.25, -0.2) is 4.98 Å². The van der Waals surface area contributed by atoms with E-state index in [4.69, 9.17) is 22.7 Å². The summed E-state index contributed by atoms with van der Waals surface area (Å²) in [5.74, 6) is 0.131. The number of hydrogen-bond donors (Lipinski definition) is 1. The average molecular weight is 307 g/mol. The summed E-state index contributed by atoms with van der Waals surface area (Å²) in [6, 6.07) is 2.13. The van der Waals surface area contributed by atoms with E-state index in [0.29, 0.717) is 25.3 Å². The van der Waals surface area contributed by atoms with Gasteiger partial charge in [0.25, 0.3) is 0 Å². The molecule has 8 heteroatoms. The van der Waals surface area contributed by atoms with Gasteiger partial charge in [-0.1, -0.05) is 12.2 Å². The number of hydrogen-bond acceptors (Lipinski definition) is 4. The lowest BCUT2D eigenvalue weighted by Gasteiger charge is -2.24. The molecule has 0 aliphatic rings. The van der Waals surface area contributed by atoms with E-state index in [2.05, 4.69) is 4.98 Å². The van der Waals surface area contributed by atoms with Gasteiger partial charge < -0.3 is 15.4 Å². The largest absolute Gasteiger partial charge is 0.433 e. The Bertz CT molecular complexity index is 480. The topological polar surface area (TPSA) is 51.4 Å². The molecule has 1 aromatic rings. The van der Waals surface area contributed by atoms with Crippen molar-refractivity contribution in [3.63, 3.8) is 0 Å². The van der Waals surface area contributed by atoms with E-state index < -0.39 is 11.9 Å². The normalized spacial score (nSPS) is 11.4. The number of methoxy groups -OCH3 is 1. The zero-order valence-electron chi connectivity index (χ0n) is 11.2. The first-order valence-electron chi connectivity index (χ1n) is 5.93. The third kappa shape index (κ3) is 4.04. The van der Waals surface area contributed by atoms with Crippen molar-refractivity contribution >= 4 is 23.0 Å². The maximum atomic E-state index is 12.8. The summed E-state index contributed by atoms with van der Waals surface area (Å²) in [5, 5.41) is 0. The average Bonchev–Trinajstić information content (AvgIpc) is 2.38. The van der Waals surface area contributed by atoms with E-state index in [0.717, 1.165) is 6.07 Å². The lowest BCUT2D eigenvalue weighted by molar-refractivity contribution is -0.141. The standard InChI is InChI=1S/C12H16F3N3OS/c1-3-18(6-7-19-2)11-8(10(16)20)4-5-9(17-11)12(13,14)15/h4-5H,3,6-7H2,1-2H3,(H2,16,20). The number of ether oxygens (including phenoxy) is 1. The van der Waals surface area contributed by atoms with Crippen molar-refractivity contribution in [1.29, 1.82) is 0 Å². The molecule has 112 valence electrons. The minimum absolute atomic E-state index is 0.0112. The van der Waals surface area contributed by atoms with E-state index >= 15 is 0 Å². The molecule has 0 fully saturated rings. The second-order valence-corrected chi connectivity index (χ2v) is 4.44.